The van der Waals surface area contributed by atoms with Gasteiger partial charge in [0, 0.05) is 31.4 Å². The number of ether oxygens (including phenoxy) is 1. The number of rotatable bonds is 3. The van der Waals surface area contributed by atoms with E-state index in [1.54, 1.807) is 30.4 Å². The monoisotopic (exact) mass is 343 g/mol. The summed E-state index contributed by atoms with van der Waals surface area (Å²) in [7, 11) is 3.12. The maximum atomic E-state index is 13.2. The highest BCUT2D eigenvalue weighted by Crippen LogP contribution is 2.41. The standard InChI is InChI=1S/C17H21N5O3/c1-20-10-14(15(25-2)9-16(20)23)17(24)21-11-3-4-12(21)8-13(7-11)22-18-5-6-19-22/h5-6,9-13H,3-4,7-8H2,1-2H3. The van der Waals surface area contributed by atoms with Gasteiger partial charge in [-0.15, -0.1) is 0 Å². The molecular formula is C17H21N5O3. The van der Waals surface area contributed by atoms with Crippen molar-refractivity contribution in [3.05, 3.63) is 40.6 Å². The summed E-state index contributed by atoms with van der Waals surface area (Å²) in [5, 5.41) is 8.51. The lowest BCUT2D eigenvalue weighted by molar-refractivity contribution is 0.0508. The molecule has 2 atom stereocenters. The number of nitrogens with zero attached hydrogens (tertiary/aromatic N) is 5. The number of pyridine rings is 1. The Balaban J connectivity index is 1.62. The predicted molar refractivity (Wildman–Crippen MR) is 89.5 cm³/mol. The number of aromatic nitrogens is 4. The molecule has 0 aliphatic carbocycles. The first-order valence-corrected chi connectivity index (χ1v) is 8.51. The van der Waals surface area contributed by atoms with Crippen molar-refractivity contribution in [2.75, 3.05) is 7.11 Å². The van der Waals surface area contributed by atoms with Crippen LogP contribution in [0.1, 0.15) is 42.1 Å². The van der Waals surface area contributed by atoms with Crippen LogP contribution in [0.4, 0.5) is 0 Å². The van der Waals surface area contributed by atoms with Crippen LogP contribution >= 0.6 is 0 Å². The van der Waals surface area contributed by atoms with Gasteiger partial charge in [0.1, 0.15) is 5.75 Å². The van der Waals surface area contributed by atoms with Crippen LogP contribution in [-0.4, -0.2) is 49.6 Å². The van der Waals surface area contributed by atoms with E-state index in [4.69, 9.17) is 4.74 Å². The largest absolute Gasteiger partial charge is 0.496 e. The van der Waals surface area contributed by atoms with E-state index in [9.17, 15) is 9.59 Å². The Hall–Kier alpha value is -2.64. The fourth-order valence-corrected chi connectivity index (χ4v) is 4.16. The highest BCUT2D eigenvalue weighted by Gasteiger charge is 2.45. The molecule has 2 aromatic rings. The molecule has 2 aromatic heterocycles. The summed E-state index contributed by atoms with van der Waals surface area (Å²) in [6, 6.07) is 1.95. The summed E-state index contributed by atoms with van der Waals surface area (Å²) >= 11 is 0. The summed E-state index contributed by atoms with van der Waals surface area (Å²) < 4.78 is 6.69. The third-order valence-electron chi connectivity index (χ3n) is 5.35. The molecule has 132 valence electrons. The van der Waals surface area contributed by atoms with E-state index in [0.29, 0.717) is 11.3 Å². The normalized spacial score (nSPS) is 25.2. The van der Waals surface area contributed by atoms with Gasteiger partial charge in [0.05, 0.1) is 31.1 Å². The Kier molecular flexibility index (Phi) is 3.82. The molecule has 25 heavy (non-hydrogen) atoms. The van der Waals surface area contributed by atoms with Crippen LogP contribution in [0.2, 0.25) is 0 Å². The van der Waals surface area contributed by atoms with Gasteiger partial charge in [0.25, 0.3) is 11.5 Å². The third-order valence-corrected chi connectivity index (χ3v) is 5.35. The second-order valence-electron chi connectivity index (χ2n) is 6.78. The first kappa shape index (κ1) is 15.9. The molecule has 0 N–H and O–H groups in total. The lowest BCUT2D eigenvalue weighted by atomic mass is 9.97. The topological polar surface area (TPSA) is 82.2 Å². The number of aryl methyl sites for hydroxylation is 1. The van der Waals surface area contributed by atoms with Crippen molar-refractivity contribution in [3.8, 4) is 5.75 Å². The van der Waals surface area contributed by atoms with E-state index in [-0.39, 0.29) is 29.6 Å². The number of amides is 1. The number of hydrogen-bond acceptors (Lipinski definition) is 5. The Morgan fingerprint density at radius 2 is 1.80 bits per heavy atom. The molecule has 2 bridgehead atoms. The third kappa shape index (κ3) is 2.61. The number of hydrogen-bond donors (Lipinski definition) is 0. The summed E-state index contributed by atoms with van der Waals surface area (Å²) in [4.78, 5) is 28.7. The van der Waals surface area contributed by atoms with Crippen molar-refractivity contribution < 1.29 is 9.53 Å². The summed E-state index contributed by atoms with van der Waals surface area (Å²) in [5.74, 6) is 0.273. The summed E-state index contributed by atoms with van der Waals surface area (Å²) in [6.07, 6.45) is 8.63. The summed E-state index contributed by atoms with van der Waals surface area (Å²) in [6.45, 7) is 0. The molecule has 0 aromatic carbocycles. The molecule has 8 heteroatoms. The minimum absolute atomic E-state index is 0.0631. The smallest absolute Gasteiger partial charge is 0.259 e. The van der Waals surface area contributed by atoms with Crippen molar-refractivity contribution in [1.82, 2.24) is 24.5 Å². The van der Waals surface area contributed by atoms with Crippen LogP contribution in [0.25, 0.3) is 0 Å². The number of carbonyl (C=O) groups excluding carboxylic acids is 1. The van der Waals surface area contributed by atoms with Crippen LogP contribution in [0.3, 0.4) is 0 Å². The van der Waals surface area contributed by atoms with Gasteiger partial charge < -0.3 is 14.2 Å². The molecule has 0 spiro atoms. The van der Waals surface area contributed by atoms with Crippen LogP contribution in [-0.2, 0) is 7.05 Å². The van der Waals surface area contributed by atoms with Crippen LogP contribution in [0, 0.1) is 0 Å². The van der Waals surface area contributed by atoms with E-state index in [2.05, 4.69) is 10.2 Å². The molecule has 8 nitrogen and oxygen atoms in total. The zero-order valence-electron chi connectivity index (χ0n) is 14.3. The van der Waals surface area contributed by atoms with E-state index in [1.807, 2.05) is 4.90 Å². The fourth-order valence-electron chi connectivity index (χ4n) is 4.16. The summed E-state index contributed by atoms with van der Waals surface area (Å²) in [5.41, 5.74) is 0.247. The van der Waals surface area contributed by atoms with Crippen molar-refractivity contribution in [1.29, 1.82) is 0 Å². The molecule has 4 rings (SSSR count). The maximum Gasteiger partial charge on any atom is 0.259 e. The quantitative estimate of drug-likeness (QED) is 0.830. The minimum Gasteiger partial charge on any atom is -0.496 e. The van der Waals surface area contributed by atoms with E-state index in [1.165, 1.54) is 17.7 Å². The first-order chi connectivity index (χ1) is 12.1. The van der Waals surface area contributed by atoms with Crippen molar-refractivity contribution in [2.24, 2.45) is 7.05 Å². The van der Waals surface area contributed by atoms with Gasteiger partial charge in [0.15, 0.2) is 0 Å². The molecular weight excluding hydrogens is 322 g/mol. The van der Waals surface area contributed by atoms with Gasteiger partial charge in [-0.3, -0.25) is 9.59 Å². The lowest BCUT2D eigenvalue weighted by Crippen LogP contribution is -2.47. The van der Waals surface area contributed by atoms with Gasteiger partial charge in [-0.1, -0.05) is 0 Å². The average Bonchev–Trinajstić information content (AvgIpc) is 3.23. The highest BCUT2D eigenvalue weighted by molar-refractivity contribution is 5.97. The predicted octanol–water partition coefficient (Wildman–Crippen LogP) is 0.994. The number of fused-ring (bicyclic) bond motifs is 2. The van der Waals surface area contributed by atoms with Gasteiger partial charge in [-0.05, 0) is 25.7 Å². The van der Waals surface area contributed by atoms with Gasteiger partial charge in [-0.25, -0.2) is 0 Å². The Morgan fingerprint density at radius 1 is 1.16 bits per heavy atom. The minimum atomic E-state index is -0.195. The maximum absolute atomic E-state index is 13.2. The molecule has 0 radical (unpaired) electrons. The van der Waals surface area contributed by atoms with Crippen molar-refractivity contribution >= 4 is 5.91 Å². The fraction of sp³-hybridized carbons (Fsp3) is 0.529. The highest BCUT2D eigenvalue weighted by atomic mass is 16.5. The van der Waals surface area contributed by atoms with Crippen molar-refractivity contribution in [2.45, 2.75) is 43.8 Å². The van der Waals surface area contributed by atoms with Gasteiger partial charge in [-0.2, -0.15) is 15.0 Å². The van der Waals surface area contributed by atoms with Gasteiger partial charge >= 0.3 is 0 Å². The second-order valence-corrected chi connectivity index (χ2v) is 6.78. The van der Waals surface area contributed by atoms with E-state index in [0.717, 1.165) is 25.7 Å². The molecule has 2 unspecified atom stereocenters. The Bertz CT molecular complexity index is 830. The molecule has 0 saturated carbocycles. The Labute approximate surface area is 145 Å². The van der Waals surface area contributed by atoms with Gasteiger partial charge in [0.2, 0.25) is 0 Å². The molecule has 2 aliphatic heterocycles. The Morgan fingerprint density at radius 3 is 2.40 bits per heavy atom. The van der Waals surface area contributed by atoms with E-state index < -0.39 is 0 Å². The zero-order valence-corrected chi connectivity index (χ0v) is 14.3. The molecule has 4 heterocycles. The SMILES string of the molecule is COc1cc(=O)n(C)cc1C(=O)N1C2CCC1CC(n1nccn1)C2. The van der Waals surface area contributed by atoms with Crippen LogP contribution < -0.4 is 10.3 Å². The first-order valence-electron chi connectivity index (χ1n) is 8.51. The van der Waals surface area contributed by atoms with Crippen LogP contribution in [0.5, 0.6) is 5.75 Å². The number of carbonyl (C=O) groups is 1. The molecule has 2 fully saturated rings. The number of piperidine rings is 1. The van der Waals surface area contributed by atoms with E-state index >= 15 is 0 Å². The number of methoxy groups -OCH3 is 1. The lowest BCUT2D eigenvalue weighted by Gasteiger charge is -2.38. The van der Waals surface area contributed by atoms with Crippen LogP contribution in [0.15, 0.2) is 29.5 Å². The zero-order chi connectivity index (χ0) is 17.6. The second kappa shape index (κ2) is 6.02. The molecule has 1 amide bonds. The average molecular weight is 343 g/mol. The molecule has 2 aliphatic rings. The van der Waals surface area contributed by atoms with Crippen molar-refractivity contribution in [3.63, 3.8) is 0 Å². The molecule has 2 saturated heterocycles.